The van der Waals surface area contributed by atoms with Crippen LogP contribution in [0.1, 0.15) is 48.3 Å². The molecule has 0 radical (unpaired) electrons. The van der Waals surface area contributed by atoms with Crippen molar-refractivity contribution in [3.8, 4) is 0 Å². The summed E-state index contributed by atoms with van der Waals surface area (Å²) in [5, 5.41) is 5.77. The number of hydrogen-bond donors (Lipinski definition) is 2. The third-order valence-electron chi connectivity index (χ3n) is 5.30. The van der Waals surface area contributed by atoms with Gasteiger partial charge in [-0.1, -0.05) is 30.3 Å². The van der Waals surface area contributed by atoms with E-state index in [1.54, 1.807) is 44.2 Å². The van der Waals surface area contributed by atoms with E-state index in [-0.39, 0.29) is 18.5 Å². The van der Waals surface area contributed by atoms with E-state index in [0.29, 0.717) is 29.1 Å². The third-order valence-corrected chi connectivity index (χ3v) is 5.30. The van der Waals surface area contributed by atoms with Gasteiger partial charge in [0.15, 0.2) is 0 Å². The fraction of sp³-hybridized carbons (Fsp3) is 0.292. The van der Waals surface area contributed by atoms with Crippen LogP contribution in [0.15, 0.2) is 59.8 Å². The van der Waals surface area contributed by atoms with Gasteiger partial charge in [-0.25, -0.2) is 9.59 Å². The minimum absolute atomic E-state index is 0.196. The van der Waals surface area contributed by atoms with Crippen LogP contribution in [0, 0.1) is 6.92 Å². The average Bonchev–Trinajstić information content (AvgIpc) is 2.74. The summed E-state index contributed by atoms with van der Waals surface area (Å²) in [6.45, 7) is 7.91. The predicted molar refractivity (Wildman–Crippen MR) is 119 cm³/mol. The van der Waals surface area contributed by atoms with Crippen molar-refractivity contribution < 1.29 is 19.1 Å². The molecule has 1 unspecified atom stereocenters. The summed E-state index contributed by atoms with van der Waals surface area (Å²) in [5.41, 5.74) is 3.82. The van der Waals surface area contributed by atoms with Crippen LogP contribution < -0.4 is 10.6 Å². The van der Waals surface area contributed by atoms with Gasteiger partial charge in [0.1, 0.15) is 0 Å². The molecule has 162 valence electrons. The maximum absolute atomic E-state index is 12.6. The smallest absolute Gasteiger partial charge is 0.338 e. The van der Waals surface area contributed by atoms with Crippen molar-refractivity contribution in [3.63, 3.8) is 0 Å². The molecule has 2 N–H and O–H groups in total. The Kier molecular flexibility index (Phi) is 6.74. The highest BCUT2D eigenvalue weighted by Gasteiger charge is 2.35. The largest absolute Gasteiger partial charge is 0.463 e. The second kappa shape index (κ2) is 9.47. The molecule has 0 aromatic heterocycles. The van der Waals surface area contributed by atoms with Crippen LogP contribution in [0.3, 0.4) is 0 Å². The fourth-order valence-corrected chi connectivity index (χ4v) is 3.67. The maximum atomic E-state index is 12.6. The van der Waals surface area contributed by atoms with Gasteiger partial charge >= 0.3 is 12.0 Å². The van der Waals surface area contributed by atoms with E-state index in [2.05, 4.69) is 10.6 Å². The highest BCUT2D eigenvalue weighted by Crippen LogP contribution is 2.31. The molecule has 7 heteroatoms. The van der Waals surface area contributed by atoms with E-state index in [1.165, 1.54) is 4.90 Å². The molecule has 0 aliphatic carbocycles. The number of rotatable bonds is 6. The molecule has 31 heavy (non-hydrogen) atoms. The summed E-state index contributed by atoms with van der Waals surface area (Å²) in [6.07, 6.45) is 0. The Morgan fingerprint density at radius 3 is 2.35 bits per heavy atom. The zero-order chi connectivity index (χ0) is 22.5. The van der Waals surface area contributed by atoms with Crippen LogP contribution in [-0.2, 0) is 9.53 Å². The number of urea groups is 1. The quantitative estimate of drug-likeness (QED) is 0.685. The monoisotopic (exact) mass is 421 g/mol. The number of benzene rings is 2. The van der Waals surface area contributed by atoms with Crippen LogP contribution in [0.2, 0.25) is 0 Å². The highest BCUT2D eigenvalue weighted by atomic mass is 16.5. The lowest BCUT2D eigenvalue weighted by atomic mass is 9.94. The molecule has 0 fully saturated rings. The zero-order valence-corrected chi connectivity index (χ0v) is 18.2. The molecule has 1 atom stereocenters. The Balaban J connectivity index is 1.87. The predicted octanol–water partition coefficient (Wildman–Crippen LogP) is 4.17. The molecule has 2 aromatic carbocycles. The number of carbonyl (C=O) groups is 3. The highest BCUT2D eigenvalue weighted by molar-refractivity contribution is 6.05. The summed E-state index contributed by atoms with van der Waals surface area (Å²) in [4.78, 5) is 39.2. The number of esters is 1. The Morgan fingerprint density at radius 1 is 1.06 bits per heavy atom. The number of amides is 3. The van der Waals surface area contributed by atoms with Gasteiger partial charge in [0.05, 0.1) is 18.2 Å². The van der Waals surface area contributed by atoms with Gasteiger partial charge in [0, 0.05) is 23.5 Å². The Hall–Kier alpha value is -3.61. The van der Waals surface area contributed by atoms with Gasteiger partial charge in [0.2, 0.25) is 0 Å². The number of hydrogen-bond acceptors (Lipinski definition) is 4. The van der Waals surface area contributed by atoms with Gasteiger partial charge in [-0.15, -0.1) is 0 Å². The van der Waals surface area contributed by atoms with Gasteiger partial charge in [-0.05, 0) is 57.0 Å². The number of carbonyl (C=O) groups excluding carboxylic acids is 3. The van der Waals surface area contributed by atoms with Crippen molar-refractivity contribution in [2.24, 2.45) is 0 Å². The van der Waals surface area contributed by atoms with Gasteiger partial charge < -0.3 is 15.4 Å². The molecule has 2 aromatic rings. The second-order valence-electron chi connectivity index (χ2n) is 7.24. The maximum Gasteiger partial charge on any atom is 0.338 e. The molecule has 0 saturated carbocycles. The normalized spacial score (nSPS) is 16.1. The van der Waals surface area contributed by atoms with E-state index >= 15 is 0 Å². The number of anilines is 1. The lowest BCUT2D eigenvalue weighted by Crippen LogP contribution is -2.47. The lowest BCUT2D eigenvalue weighted by Gasteiger charge is -2.34. The van der Waals surface area contributed by atoms with Crippen molar-refractivity contribution in [2.75, 3.05) is 18.5 Å². The Morgan fingerprint density at radius 2 is 1.74 bits per heavy atom. The number of nitrogens with zero attached hydrogens (tertiary/aromatic N) is 1. The molecule has 3 amide bonds. The number of ether oxygens (including phenoxy) is 1. The third kappa shape index (κ3) is 4.60. The Labute approximate surface area is 182 Å². The SMILES string of the molecule is CCOC(=O)C1=C(C)N(CC)C(=O)NC1c1ccc(NC(=O)c2ccccc2C)cc1. The Bertz CT molecular complexity index is 1030. The minimum atomic E-state index is -0.629. The van der Waals surface area contributed by atoms with Crippen LogP contribution in [0.25, 0.3) is 0 Å². The standard InChI is InChI=1S/C24H27N3O4/c1-5-27-16(4)20(23(29)31-6-2)21(26-24(27)30)17-11-13-18(14-12-17)25-22(28)19-10-8-7-9-15(19)3/h7-14,21H,5-6H2,1-4H3,(H,25,28)(H,26,30). The number of aryl methyl sites for hydroxylation is 1. The molecule has 7 nitrogen and oxygen atoms in total. The van der Waals surface area contributed by atoms with Crippen molar-refractivity contribution in [3.05, 3.63) is 76.5 Å². The summed E-state index contributed by atoms with van der Waals surface area (Å²) >= 11 is 0. The summed E-state index contributed by atoms with van der Waals surface area (Å²) in [5.74, 6) is -0.654. The van der Waals surface area contributed by atoms with Crippen LogP contribution in [-0.4, -0.2) is 36.0 Å². The zero-order valence-electron chi connectivity index (χ0n) is 18.2. The molecule has 0 spiro atoms. The van der Waals surface area contributed by atoms with E-state index in [0.717, 1.165) is 11.1 Å². The molecule has 1 heterocycles. The van der Waals surface area contributed by atoms with E-state index in [9.17, 15) is 14.4 Å². The first-order chi connectivity index (χ1) is 14.9. The molecule has 0 saturated heterocycles. The van der Waals surface area contributed by atoms with Crippen LogP contribution in [0.4, 0.5) is 10.5 Å². The summed E-state index contributed by atoms with van der Waals surface area (Å²) in [7, 11) is 0. The second-order valence-corrected chi connectivity index (χ2v) is 7.24. The van der Waals surface area contributed by atoms with Crippen molar-refractivity contribution in [2.45, 2.75) is 33.7 Å². The topological polar surface area (TPSA) is 87.7 Å². The molecular weight excluding hydrogens is 394 g/mol. The number of allylic oxidation sites excluding steroid dienone is 1. The first-order valence-electron chi connectivity index (χ1n) is 10.3. The molecule has 1 aliphatic heterocycles. The first-order valence-corrected chi connectivity index (χ1v) is 10.3. The van der Waals surface area contributed by atoms with Gasteiger partial charge in [-0.2, -0.15) is 0 Å². The molecule has 3 rings (SSSR count). The van der Waals surface area contributed by atoms with E-state index in [4.69, 9.17) is 4.74 Å². The van der Waals surface area contributed by atoms with E-state index < -0.39 is 12.0 Å². The van der Waals surface area contributed by atoms with Crippen LogP contribution >= 0.6 is 0 Å². The minimum Gasteiger partial charge on any atom is -0.463 e. The molecule has 1 aliphatic rings. The fourth-order valence-electron chi connectivity index (χ4n) is 3.67. The molecule has 0 bridgehead atoms. The van der Waals surface area contributed by atoms with E-state index in [1.807, 2.05) is 32.0 Å². The number of nitrogens with one attached hydrogen (secondary N) is 2. The average molecular weight is 421 g/mol. The first kappa shape index (κ1) is 22.1. The summed E-state index contributed by atoms with van der Waals surface area (Å²) in [6, 6.07) is 13.5. The van der Waals surface area contributed by atoms with Gasteiger partial charge in [0.25, 0.3) is 5.91 Å². The summed E-state index contributed by atoms with van der Waals surface area (Å²) < 4.78 is 5.24. The molecular formula is C24H27N3O4. The van der Waals surface area contributed by atoms with Crippen molar-refractivity contribution in [1.82, 2.24) is 10.2 Å². The van der Waals surface area contributed by atoms with Crippen molar-refractivity contribution >= 4 is 23.6 Å². The van der Waals surface area contributed by atoms with Crippen LogP contribution in [0.5, 0.6) is 0 Å². The lowest BCUT2D eigenvalue weighted by molar-refractivity contribution is -0.139. The van der Waals surface area contributed by atoms with Crippen molar-refractivity contribution in [1.29, 1.82) is 0 Å². The van der Waals surface area contributed by atoms with Gasteiger partial charge in [-0.3, -0.25) is 9.69 Å².